The number of benzene rings is 1. The average molecular weight is 376 g/mol. The summed E-state index contributed by atoms with van der Waals surface area (Å²) >= 11 is 1.46. The molecule has 0 aliphatic carbocycles. The lowest BCUT2D eigenvalue weighted by Gasteiger charge is -2.46. The first-order valence-corrected chi connectivity index (χ1v) is 10.1. The second-order valence-electron chi connectivity index (χ2n) is 6.92. The number of hydrogen-bond acceptors (Lipinski definition) is 5. The van der Waals surface area contributed by atoms with Crippen LogP contribution in [0.3, 0.4) is 0 Å². The van der Waals surface area contributed by atoms with Crippen molar-refractivity contribution in [2.45, 2.75) is 39.8 Å². The summed E-state index contributed by atoms with van der Waals surface area (Å²) < 4.78 is 0. The smallest absolute Gasteiger partial charge is 0.232 e. The number of hydrogen-bond donors (Lipinski definition) is 2. The Labute approximate surface area is 160 Å². The summed E-state index contributed by atoms with van der Waals surface area (Å²) in [6, 6.07) is 10.9. The van der Waals surface area contributed by atoms with E-state index in [-0.39, 0.29) is 23.8 Å². The third kappa shape index (κ3) is 5.04. The molecular formula is C20H29N3O2S. The number of rotatable bonds is 6. The number of allylic oxidation sites excluding steroid dienone is 1. The molecule has 142 valence electrons. The molecule has 1 fully saturated rings. The minimum absolute atomic E-state index is 0.124. The van der Waals surface area contributed by atoms with Gasteiger partial charge in [0.25, 0.3) is 0 Å². The zero-order chi connectivity index (χ0) is 19.3. The third-order valence-corrected chi connectivity index (χ3v) is 5.63. The monoisotopic (exact) mass is 375 g/mol. The van der Waals surface area contributed by atoms with Crippen molar-refractivity contribution in [3.63, 3.8) is 0 Å². The van der Waals surface area contributed by atoms with Crippen molar-refractivity contribution >= 4 is 29.1 Å². The van der Waals surface area contributed by atoms with E-state index in [9.17, 15) is 9.90 Å². The Morgan fingerprint density at radius 3 is 2.23 bits per heavy atom. The Bertz CT molecular complexity index is 659. The van der Waals surface area contributed by atoms with Gasteiger partial charge in [0, 0.05) is 47.9 Å². The highest BCUT2D eigenvalue weighted by molar-refractivity contribution is 8.00. The van der Waals surface area contributed by atoms with E-state index in [1.807, 2.05) is 23.1 Å². The standard InChI is InChI=1S/C20H29N3O2S/c1-14-10-22(11-15(2)23(14)18-8-6-5-7-9-18)20(25)13-26-12-19(16(3)21)17(4)24/h5-9,14-15,21,24H,10-13H2,1-4H3/b19-17-,21-16?/t14-,15+. The third-order valence-electron chi connectivity index (χ3n) is 4.69. The summed E-state index contributed by atoms with van der Waals surface area (Å²) in [7, 11) is 0. The van der Waals surface area contributed by atoms with Gasteiger partial charge in [-0.15, -0.1) is 11.8 Å². The number of nitrogens with one attached hydrogen (secondary N) is 1. The van der Waals surface area contributed by atoms with Gasteiger partial charge in [0.15, 0.2) is 0 Å². The van der Waals surface area contributed by atoms with Crippen LogP contribution in [0.1, 0.15) is 27.7 Å². The first-order chi connectivity index (χ1) is 12.3. The molecule has 1 saturated heterocycles. The number of nitrogens with zero attached hydrogens (tertiary/aromatic N) is 2. The van der Waals surface area contributed by atoms with Crippen molar-refractivity contribution in [1.82, 2.24) is 4.90 Å². The topological polar surface area (TPSA) is 67.6 Å². The Hall–Kier alpha value is -1.95. The van der Waals surface area contributed by atoms with Crippen molar-refractivity contribution in [2.75, 3.05) is 29.5 Å². The molecule has 1 aliphatic rings. The quantitative estimate of drug-likeness (QED) is 0.587. The van der Waals surface area contributed by atoms with Crippen molar-refractivity contribution in [2.24, 2.45) is 0 Å². The molecule has 6 heteroatoms. The molecule has 0 aromatic heterocycles. The minimum atomic E-state index is 0.124. The van der Waals surface area contributed by atoms with Crippen molar-refractivity contribution in [3.8, 4) is 0 Å². The summed E-state index contributed by atoms with van der Waals surface area (Å²) in [4.78, 5) is 16.9. The number of para-hydroxylation sites is 1. The molecule has 1 aromatic carbocycles. The average Bonchev–Trinajstić information content (AvgIpc) is 2.58. The first-order valence-electron chi connectivity index (χ1n) is 8.94. The zero-order valence-corrected chi connectivity index (χ0v) is 16.8. The summed E-state index contributed by atoms with van der Waals surface area (Å²) in [5.41, 5.74) is 2.16. The summed E-state index contributed by atoms with van der Waals surface area (Å²) in [5.74, 6) is 1.14. The predicted molar refractivity (Wildman–Crippen MR) is 110 cm³/mol. The Morgan fingerprint density at radius 1 is 1.15 bits per heavy atom. The summed E-state index contributed by atoms with van der Waals surface area (Å²) in [5, 5.41) is 17.3. The molecule has 26 heavy (non-hydrogen) atoms. The second kappa shape index (κ2) is 9.12. The van der Waals surface area contributed by atoms with Crippen LogP contribution in [-0.2, 0) is 4.79 Å². The minimum Gasteiger partial charge on any atom is -0.512 e. The van der Waals surface area contributed by atoms with Crippen LogP contribution in [0, 0.1) is 5.41 Å². The van der Waals surface area contributed by atoms with Gasteiger partial charge in [0.05, 0.1) is 11.5 Å². The number of carbonyl (C=O) groups excluding carboxylic acids is 1. The number of amides is 1. The lowest BCUT2D eigenvalue weighted by molar-refractivity contribution is -0.129. The molecule has 2 atom stereocenters. The largest absolute Gasteiger partial charge is 0.512 e. The predicted octanol–water partition coefficient (Wildman–Crippen LogP) is 3.72. The normalized spacial score (nSPS) is 21.4. The number of anilines is 1. The maximum absolute atomic E-state index is 12.6. The van der Waals surface area contributed by atoms with Gasteiger partial charge in [0.1, 0.15) is 0 Å². The molecule has 1 aromatic rings. The summed E-state index contributed by atoms with van der Waals surface area (Å²) in [6.07, 6.45) is 0. The van der Waals surface area contributed by atoms with Gasteiger partial charge in [-0.2, -0.15) is 0 Å². The van der Waals surface area contributed by atoms with Crippen LogP contribution in [0.4, 0.5) is 5.69 Å². The zero-order valence-electron chi connectivity index (χ0n) is 16.0. The van der Waals surface area contributed by atoms with Crippen LogP contribution in [0.15, 0.2) is 41.7 Å². The van der Waals surface area contributed by atoms with Crippen LogP contribution in [0.25, 0.3) is 0 Å². The first kappa shape index (κ1) is 20.4. The lowest BCUT2D eigenvalue weighted by Crippen LogP contribution is -2.58. The Kier molecular flexibility index (Phi) is 7.14. The fourth-order valence-corrected chi connectivity index (χ4v) is 4.54. The van der Waals surface area contributed by atoms with E-state index in [0.717, 1.165) is 0 Å². The van der Waals surface area contributed by atoms with Gasteiger partial charge in [-0.25, -0.2) is 0 Å². The highest BCUT2D eigenvalue weighted by Crippen LogP contribution is 2.25. The molecular weight excluding hydrogens is 346 g/mol. The SMILES string of the molecule is CC(=N)/C(CSCC(=O)N1C[C@@H](C)N(c2ccccc2)[C@@H](C)C1)=C(/C)O. The number of piperazine rings is 1. The van der Waals surface area contributed by atoms with Gasteiger partial charge in [-0.05, 0) is 39.8 Å². The maximum Gasteiger partial charge on any atom is 0.232 e. The van der Waals surface area contributed by atoms with Crippen LogP contribution < -0.4 is 4.90 Å². The fourth-order valence-electron chi connectivity index (χ4n) is 3.45. The van der Waals surface area contributed by atoms with E-state index in [2.05, 4.69) is 30.9 Å². The van der Waals surface area contributed by atoms with Crippen LogP contribution >= 0.6 is 11.8 Å². The molecule has 1 heterocycles. The van der Waals surface area contributed by atoms with E-state index < -0.39 is 0 Å². The molecule has 1 amide bonds. The van der Waals surface area contributed by atoms with Gasteiger partial charge < -0.3 is 20.3 Å². The second-order valence-corrected chi connectivity index (χ2v) is 7.91. The summed E-state index contributed by atoms with van der Waals surface area (Å²) in [6.45, 7) is 8.98. The maximum atomic E-state index is 12.6. The highest BCUT2D eigenvalue weighted by atomic mass is 32.2. The van der Waals surface area contributed by atoms with Gasteiger partial charge in [-0.3, -0.25) is 4.79 Å². The lowest BCUT2D eigenvalue weighted by atomic mass is 10.1. The Balaban J connectivity index is 1.92. The van der Waals surface area contributed by atoms with E-state index >= 15 is 0 Å². The van der Waals surface area contributed by atoms with Crippen molar-refractivity contribution in [3.05, 3.63) is 41.7 Å². The molecule has 0 unspecified atom stereocenters. The molecule has 2 rings (SSSR count). The van der Waals surface area contributed by atoms with Gasteiger partial charge >= 0.3 is 0 Å². The van der Waals surface area contributed by atoms with Crippen LogP contribution in [-0.4, -0.2) is 58.3 Å². The highest BCUT2D eigenvalue weighted by Gasteiger charge is 2.31. The van der Waals surface area contributed by atoms with Crippen molar-refractivity contribution in [1.29, 1.82) is 5.41 Å². The van der Waals surface area contributed by atoms with Crippen molar-refractivity contribution < 1.29 is 9.90 Å². The van der Waals surface area contributed by atoms with Crippen LogP contribution in [0.2, 0.25) is 0 Å². The van der Waals surface area contributed by atoms with E-state index in [1.165, 1.54) is 17.4 Å². The molecule has 2 N–H and O–H groups in total. The number of aliphatic hydroxyl groups is 1. The molecule has 0 spiro atoms. The molecule has 1 aliphatic heterocycles. The van der Waals surface area contributed by atoms with Crippen LogP contribution in [0.5, 0.6) is 0 Å². The number of carbonyl (C=O) groups is 1. The van der Waals surface area contributed by atoms with Gasteiger partial charge in [-0.1, -0.05) is 18.2 Å². The number of aliphatic hydroxyl groups excluding tert-OH is 1. The fraction of sp³-hybridized carbons (Fsp3) is 0.500. The molecule has 0 bridgehead atoms. The van der Waals surface area contributed by atoms with E-state index in [0.29, 0.717) is 35.9 Å². The van der Waals surface area contributed by atoms with Gasteiger partial charge in [0.2, 0.25) is 5.91 Å². The molecule has 0 radical (unpaired) electrons. The molecule has 0 saturated carbocycles. The van der Waals surface area contributed by atoms with E-state index in [4.69, 9.17) is 5.41 Å². The number of thioether (sulfide) groups is 1. The van der Waals surface area contributed by atoms with E-state index in [1.54, 1.807) is 13.8 Å². The molecule has 5 nitrogen and oxygen atoms in total. The Morgan fingerprint density at radius 2 is 1.73 bits per heavy atom.